The van der Waals surface area contributed by atoms with Crippen molar-refractivity contribution < 1.29 is 0 Å². The van der Waals surface area contributed by atoms with Gasteiger partial charge in [-0.15, -0.1) is 6.42 Å². The molecule has 0 saturated heterocycles. The summed E-state index contributed by atoms with van der Waals surface area (Å²) in [6.45, 7) is 25.6. The Bertz CT molecular complexity index is 802. The fourth-order valence-electron chi connectivity index (χ4n) is 2.29. The topological polar surface area (TPSA) is 24.7 Å². The Morgan fingerprint density at radius 1 is 0.912 bits per heavy atom. The molecule has 188 valence electrons. The lowest BCUT2D eigenvalue weighted by atomic mass is 10.0. The highest BCUT2D eigenvalue weighted by molar-refractivity contribution is 5.75. The van der Waals surface area contributed by atoms with Crippen LogP contribution in [0.5, 0.6) is 0 Å². The van der Waals surface area contributed by atoms with E-state index >= 15 is 0 Å². The molecule has 0 N–H and O–H groups in total. The standard InChI is InChI=1S/C16H18.C8H9N.C2H5N.3C2H6/c1-5-8-15(11-13(3)4)16-10-7-9-14(6-2)12-16;1-9-7-8-5-3-2-4-6-8;1-3-2;3*1-2/h2,7-12H,5H2,1,3-4H3;2-6H,1,7H2;1H2,2H3;3*1-2H3/b15-8+;;;;;. The van der Waals surface area contributed by atoms with Crippen LogP contribution in [0.25, 0.3) is 5.57 Å². The van der Waals surface area contributed by atoms with Gasteiger partial charge in [-0.3, -0.25) is 4.99 Å². The molecule has 2 nitrogen and oxygen atoms in total. The van der Waals surface area contributed by atoms with Gasteiger partial charge in [0.15, 0.2) is 0 Å². The lowest BCUT2D eigenvalue weighted by Gasteiger charge is -2.04. The molecule has 0 spiro atoms. The largest absolute Gasteiger partial charge is 0.304 e. The van der Waals surface area contributed by atoms with Crippen LogP contribution in [0.2, 0.25) is 0 Å². The van der Waals surface area contributed by atoms with Crippen LogP contribution in [0.1, 0.15) is 85.4 Å². The number of aliphatic imine (C=N–C) groups is 2. The molecule has 0 unspecified atom stereocenters. The van der Waals surface area contributed by atoms with Gasteiger partial charge in [0.25, 0.3) is 0 Å². The zero-order chi connectivity index (χ0) is 27.2. The van der Waals surface area contributed by atoms with E-state index in [0.29, 0.717) is 0 Å². The third-order valence-corrected chi connectivity index (χ3v) is 3.37. The van der Waals surface area contributed by atoms with Gasteiger partial charge in [0.1, 0.15) is 0 Å². The van der Waals surface area contributed by atoms with Crippen molar-refractivity contribution >= 4 is 19.0 Å². The van der Waals surface area contributed by atoms with Crippen molar-refractivity contribution in [2.24, 2.45) is 9.98 Å². The summed E-state index contributed by atoms with van der Waals surface area (Å²) in [5.41, 5.74) is 5.89. The van der Waals surface area contributed by atoms with Crippen LogP contribution in [-0.4, -0.2) is 20.5 Å². The van der Waals surface area contributed by atoms with E-state index in [4.69, 9.17) is 6.42 Å². The van der Waals surface area contributed by atoms with E-state index in [1.54, 1.807) is 7.05 Å². The number of allylic oxidation sites excluding steroid dienone is 4. The lowest BCUT2D eigenvalue weighted by molar-refractivity contribution is 1.08. The molecule has 2 aromatic rings. The van der Waals surface area contributed by atoms with Crippen molar-refractivity contribution in [1.29, 1.82) is 0 Å². The average molecular weight is 463 g/mol. The molecule has 0 aliphatic carbocycles. The molecule has 0 radical (unpaired) electrons. The second-order valence-corrected chi connectivity index (χ2v) is 6.20. The highest BCUT2D eigenvalue weighted by atomic mass is 14.7. The minimum Gasteiger partial charge on any atom is -0.304 e. The quantitative estimate of drug-likeness (QED) is 0.240. The molecule has 0 heterocycles. The van der Waals surface area contributed by atoms with Gasteiger partial charge in [-0.1, -0.05) is 115 Å². The maximum atomic E-state index is 5.41. The fraction of sp³-hybridized carbons (Fsp3) is 0.375. The second-order valence-electron chi connectivity index (χ2n) is 6.20. The summed E-state index contributed by atoms with van der Waals surface area (Å²) in [5, 5.41) is 0. The van der Waals surface area contributed by atoms with Gasteiger partial charge in [0.05, 0.1) is 6.54 Å². The number of hydrogen-bond acceptors (Lipinski definition) is 2. The number of nitrogens with zero attached hydrogens (tertiary/aromatic N) is 2. The normalized spacial score (nSPS) is 8.32. The Hall–Kier alpha value is -3.18. The van der Waals surface area contributed by atoms with Crippen LogP contribution in [0.15, 0.2) is 82.3 Å². The highest BCUT2D eigenvalue weighted by Crippen LogP contribution is 2.19. The summed E-state index contributed by atoms with van der Waals surface area (Å²) >= 11 is 0. The van der Waals surface area contributed by atoms with Crippen molar-refractivity contribution in [2.45, 2.75) is 75.3 Å². The molecule has 2 rings (SSSR count). The van der Waals surface area contributed by atoms with E-state index in [0.717, 1.165) is 18.5 Å². The van der Waals surface area contributed by atoms with Gasteiger partial charge >= 0.3 is 0 Å². The predicted molar refractivity (Wildman–Crippen MR) is 161 cm³/mol. The molecule has 0 aromatic heterocycles. The smallest absolute Gasteiger partial charge is 0.0632 e. The summed E-state index contributed by atoms with van der Waals surface area (Å²) in [6.07, 6.45) is 10.9. The maximum absolute atomic E-state index is 5.41. The summed E-state index contributed by atoms with van der Waals surface area (Å²) in [4.78, 5) is 7.01. The minimum absolute atomic E-state index is 0.723. The third kappa shape index (κ3) is 23.5. The molecular weight excluding hydrogens is 412 g/mol. The highest BCUT2D eigenvalue weighted by Gasteiger charge is 1.98. The molecule has 0 amide bonds. The number of hydrogen-bond donors (Lipinski definition) is 0. The van der Waals surface area contributed by atoms with Crippen LogP contribution in [0, 0.1) is 12.3 Å². The van der Waals surface area contributed by atoms with Gasteiger partial charge in [0, 0.05) is 12.6 Å². The molecule has 0 aliphatic heterocycles. The van der Waals surface area contributed by atoms with Crippen LogP contribution in [-0.2, 0) is 6.54 Å². The Morgan fingerprint density at radius 3 is 1.85 bits per heavy atom. The Balaban J connectivity index is -0.000000211. The first-order chi connectivity index (χ1) is 16.5. The monoisotopic (exact) mass is 462 g/mol. The first-order valence-corrected chi connectivity index (χ1v) is 12.3. The van der Waals surface area contributed by atoms with Crippen LogP contribution in [0.3, 0.4) is 0 Å². The van der Waals surface area contributed by atoms with Gasteiger partial charge in [-0.2, -0.15) is 0 Å². The van der Waals surface area contributed by atoms with Gasteiger partial charge in [0.2, 0.25) is 0 Å². The molecule has 34 heavy (non-hydrogen) atoms. The van der Waals surface area contributed by atoms with Crippen molar-refractivity contribution in [3.8, 4) is 12.3 Å². The number of benzene rings is 2. The molecule has 2 heteroatoms. The van der Waals surface area contributed by atoms with E-state index in [-0.39, 0.29) is 0 Å². The summed E-state index contributed by atoms with van der Waals surface area (Å²) in [6, 6.07) is 18.2. The summed E-state index contributed by atoms with van der Waals surface area (Å²) < 4.78 is 0. The Morgan fingerprint density at radius 2 is 1.44 bits per heavy atom. The fourth-order valence-corrected chi connectivity index (χ4v) is 2.29. The van der Waals surface area contributed by atoms with Crippen LogP contribution >= 0.6 is 0 Å². The first-order valence-electron chi connectivity index (χ1n) is 12.3. The average Bonchev–Trinajstić information content (AvgIpc) is 2.89. The Labute approximate surface area is 212 Å². The number of rotatable bonds is 5. The van der Waals surface area contributed by atoms with E-state index in [1.807, 2.05) is 84.0 Å². The third-order valence-electron chi connectivity index (χ3n) is 3.37. The maximum Gasteiger partial charge on any atom is 0.0632 e. The molecule has 0 bridgehead atoms. The second kappa shape index (κ2) is 32.0. The zero-order valence-corrected chi connectivity index (χ0v) is 23.7. The molecule has 0 fully saturated rings. The lowest BCUT2D eigenvalue weighted by Crippen LogP contribution is -1.84. The first kappa shape index (κ1) is 38.1. The van der Waals surface area contributed by atoms with Gasteiger partial charge < -0.3 is 4.99 Å². The van der Waals surface area contributed by atoms with Gasteiger partial charge in [-0.05, 0) is 62.5 Å². The van der Waals surface area contributed by atoms with Crippen molar-refractivity contribution in [3.63, 3.8) is 0 Å². The summed E-state index contributed by atoms with van der Waals surface area (Å²) in [5.74, 6) is 2.67. The number of terminal acetylenes is 1. The molecule has 0 aliphatic rings. The van der Waals surface area contributed by atoms with E-state index in [1.165, 1.54) is 22.3 Å². The summed E-state index contributed by atoms with van der Waals surface area (Å²) in [7, 11) is 1.64. The minimum atomic E-state index is 0.723. The molecular formula is C32H50N2. The SMILES string of the molecule is C#Cc1cccc(/C(C=C(C)C)=C/CC)c1.C=NC.C=NCc1ccccc1.CC.CC.CC. The van der Waals surface area contributed by atoms with Gasteiger partial charge in [-0.25, -0.2) is 0 Å². The molecule has 2 aromatic carbocycles. The van der Waals surface area contributed by atoms with Crippen LogP contribution < -0.4 is 0 Å². The zero-order valence-electron chi connectivity index (χ0n) is 23.7. The Kier molecular flexibility index (Phi) is 35.9. The van der Waals surface area contributed by atoms with E-state index in [9.17, 15) is 0 Å². The molecule has 0 saturated carbocycles. The van der Waals surface area contributed by atoms with Crippen molar-refractivity contribution in [1.82, 2.24) is 0 Å². The van der Waals surface area contributed by atoms with Crippen LogP contribution in [0.4, 0.5) is 0 Å². The molecule has 0 atom stereocenters. The predicted octanol–water partition coefficient (Wildman–Crippen LogP) is 9.71. The van der Waals surface area contributed by atoms with E-state index in [2.05, 4.69) is 74.4 Å². The van der Waals surface area contributed by atoms with Crippen molar-refractivity contribution in [3.05, 3.63) is 89.0 Å². The van der Waals surface area contributed by atoms with Crippen molar-refractivity contribution in [2.75, 3.05) is 7.05 Å². The van der Waals surface area contributed by atoms with E-state index < -0.39 is 0 Å².